The molecule has 0 saturated carbocycles. The Kier molecular flexibility index (Phi) is 4.71. The number of likely N-dealkylation sites (tertiary alicyclic amines) is 1. The molecule has 1 aliphatic rings. The van der Waals surface area contributed by atoms with Crippen LogP contribution in [0.1, 0.15) is 12.8 Å². The van der Waals surface area contributed by atoms with E-state index in [-0.39, 0.29) is 24.6 Å². The number of hydrogen-bond donors (Lipinski definition) is 2. The molecule has 1 saturated heterocycles. The largest absolute Gasteiger partial charge is 0.394 e. The fourth-order valence-corrected chi connectivity index (χ4v) is 2.22. The van der Waals surface area contributed by atoms with Gasteiger partial charge in [-0.05, 0) is 18.4 Å². The summed E-state index contributed by atoms with van der Waals surface area (Å²) < 4.78 is 0. The van der Waals surface area contributed by atoms with Gasteiger partial charge in [0.25, 0.3) is 0 Å². The topological polar surface area (TPSA) is 66.6 Å². The number of hydrogen-bond acceptors (Lipinski definition) is 4. The molecule has 1 rings (SSSR count). The van der Waals surface area contributed by atoms with Crippen molar-refractivity contribution in [2.24, 2.45) is 5.73 Å². The van der Waals surface area contributed by atoms with Crippen LogP contribution in [0.5, 0.6) is 0 Å². The molecule has 1 fully saturated rings. The fraction of sp³-hybridized carbons (Fsp3) is 0.889. The number of nitrogens with two attached hydrogens (primary N) is 1. The highest BCUT2D eigenvalue weighted by atomic mass is 32.2. The van der Waals surface area contributed by atoms with Gasteiger partial charge in [-0.25, -0.2) is 0 Å². The predicted molar refractivity (Wildman–Crippen MR) is 58.2 cm³/mol. The number of carbonyl (C=O) groups is 1. The van der Waals surface area contributed by atoms with Gasteiger partial charge in [-0.15, -0.1) is 0 Å². The molecule has 1 heterocycles. The summed E-state index contributed by atoms with van der Waals surface area (Å²) in [4.78, 5) is 13.2. The molecule has 1 aliphatic heterocycles. The van der Waals surface area contributed by atoms with E-state index in [1.165, 1.54) is 0 Å². The lowest BCUT2D eigenvalue weighted by Crippen LogP contribution is -2.40. The van der Waals surface area contributed by atoms with Crippen LogP contribution in [-0.2, 0) is 4.79 Å². The van der Waals surface area contributed by atoms with Gasteiger partial charge in [0.1, 0.15) is 0 Å². The minimum atomic E-state index is -0.0502. The molecule has 0 radical (unpaired) electrons. The van der Waals surface area contributed by atoms with Crippen molar-refractivity contribution in [2.75, 3.05) is 25.2 Å². The summed E-state index contributed by atoms with van der Waals surface area (Å²) in [6.07, 6.45) is 3.29. The summed E-state index contributed by atoms with van der Waals surface area (Å²) >= 11 is 1.73. The quantitative estimate of drug-likeness (QED) is 0.662. The number of carbonyl (C=O) groups excluding carboxylic acids is 1. The number of aliphatic hydroxyl groups excluding tert-OH is 1. The summed E-state index contributed by atoms with van der Waals surface area (Å²) in [5.41, 5.74) is 5.69. The lowest BCUT2D eigenvalue weighted by Gasteiger charge is -2.26. The maximum Gasteiger partial charge on any atom is 0.224 e. The summed E-state index contributed by atoms with van der Waals surface area (Å²) in [5.74, 6) is 1.04. The Morgan fingerprint density at radius 1 is 1.79 bits per heavy atom. The first-order valence-corrected chi connectivity index (χ1v) is 6.23. The van der Waals surface area contributed by atoms with Gasteiger partial charge in [-0.1, -0.05) is 0 Å². The molecular formula is C9H18N2O2S. The molecule has 2 unspecified atom stereocenters. The molecule has 3 N–H and O–H groups in total. The molecule has 0 aliphatic carbocycles. The second-order valence-corrected chi connectivity index (χ2v) is 4.61. The third kappa shape index (κ3) is 2.87. The van der Waals surface area contributed by atoms with E-state index in [0.29, 0.717) is 13.0 Å². The Morgan fingerprint density at radius 3 is 2.93 bits per heavy atom. The average molecular weight is 218 g/mol. The Morgan fingerprint density at radius 2 is 2.50 bits per heavy atom. The monoisotopic (exact) mass is 218 g/mol. The third-order valence-electron chi connectivity index (χ3n) is 2.50. The molecule has 4 nitrogen and oxygen atoms in total. The highest BCUT2D eigenvalue weighted by molar-refractivity contribution is 7.98. The van der Waals surface area contributed by atoms with E-state index >= 15 is 0 Å². The Labute approximate surface area is 88.8 Å². The first kappa shape index (κ1) is 11.8. The van der Waals surface area contributed by atoms with Gasteiger partial charge in [-0.3, -0.25) is 4.79 Å². The van der Waals surface area contributed by atoms with Gasteiger partial charge < -0.3 is 15.7 Å². The minimum Gasteiger partial charge on any atom is -0.394 e. The van der Waals surface area contributed by atoms with Gasteiger partial charge in [0.15, 0.2) is 0 Å². The summed E-state index contributed by atoms with van der Waals surface area (Å²) in [6, 6.07) is -0.0886. The summed E-state index contributed by atoms with van der Waals surface area (Å²) in [5, 5.41) is 9.17. The number of amides is 1. The van der Waals surface area contributed by atoms with Gasteiger partial charge in [0.05, 0.1) is 12.6 Å². The fourth-order valence-electron chi connectivity index (χ4n) is 1.71. The van der Waals surface area contributed by atoms with Crippen LogP contribution < -0.4 is 5.73 Å². The smallest absolute Gasteiger partial charge is 0.224 e. The number of aliphatic hydroxyl groups is 1. The number of nitrogens with zero attached hydrogens (tertiary/aromatic N) is 1. The van der Waals surface area contributed by atoms with Crippen molar-refractivity contribution >= 4 is 17.7 Å². The van der Waals surface area contributed by atoms with E-state index < -0.39 is 0 Å². The van der Waals surface area contributed by atoms with Crippen LogP contribution in [0.15, 0.2) is 0 Å². The van der Waals surface area contributed by atoms with E-state index in [1.54, 1.807) is 16.7 Å². The molecule has 82 valence electrons. The zero-order valence-corrected chi connectivity index (χ0v) is 9.30. The molecule has 0 bridgehead atoms. The summed E-state index contributed by atoms with van der Waals surface area (Å²) in [7, 11) is 0. The van der Waals surface area contributed by atoms with Crippen LogP contribution in [0.3, 0.4) is 0 Å². The zero-order valence-electron chi connectivity index (χ0n) is 8.48. The molecule has 1 amide bonds. The van der Waals surface area contributed by atoms with E-state index in [2.05, 4.69) is 0 Å². The van der Waals surface area contributed by atoms with E-state index in [0.717, 1.165) is 12.2 Å². The molecule has 0 aromatic rings. The standard InChI is InChI=1S/C9H18N2O2S/c1-14-3-2-8(6-12)11-5-7(10)4-9(11)13/h7-8,12H,2-6,10H2,1H3. The average Bonchev–Trinajstić information content (AvgIpc) is 2.47. The normalized spacial score (nSPS) is 24.4. The van der Waals surface area contributed by atoms with Crippen LogP contribution in [0.2, 0.25) is 0 Å². The lowest BCUT2D eigenvalue weighted by atomic mass is 10.2. The van der Waals surface area contributed by atoms with Crippen molar-refractivity contribution in [1.29, 1.82) is 0 Å². The van der Waals surface area contributed by atoms with E-state index in [1.807, 2.05) is 6.26 Å². The Balaban J connectivity index is 2.47. The van der Waals surface area contributed by atoms with E-state index in [4.69, 9.17) is 5.73 Å². The van der Waals surface area contributed by atoms with Crippen LogP contribution in [0.25, 0.3) is 0 Å². The minimum absolute atomic E-state index is 0.0384. The predicted octanol–water partition coefficient (Wildman–Crippen LogP) is -0.340. The molecule has 0 aromatic heterocycles. The van der Waals surface area contributed by atoms with Crippen molar-refractivity contribution < 1.29 is 9.90 Å². The van der Waals surface area contributed by atoms with Gasteiger partial charge in [0.2, 0.25) is 5.91 Å². The van der Waals surface area contributed by atoms with E-state index in [9.17, 15) is 9.90 Å². The molecule has 2 atom stereocenters. The maximum absolute atomic E-state index is 11.5. The highest BCUT2D eigenvalue weighted by Crippen LogP contribution is 2.16. The maximum atomic E-state index is 11.5. The van der Waals surface area contributed by atoms with Crippen molar-refractivity contribution in [3.05, 3.63) is 0 Å². The SMILES string of the molecule is CSCCC(CO)N1CC(N)CC1=O. The van der Waals surface area contributed by atoms with Crippen molar-refractivity contribution in [2.45, 2.75) is 24.9 Å². The molecule has 14 heavy (non-hydrogen) atoms. The van der Waals surface area contributed by atoms with Crippen LogP contribution in [0.4, 0.5) is 0 Å². The molecule has 0 spiro atoms. The van der Waals surface area contributed by atoms with Gasteiger partial charge in [-0.2, -0.15) is 11.8 Å². The molecule has 0 aromatic carbocycles. The zero-order chi connectivity index (χ0) is 10.6. The van der Waals surface area contributed by atoms with Crippen LogP contribution >= 0.6 is 11.8 Å². The van der Waals surface area contributed by atoms with Crippen LogP contribution in [-0.4, -0.2) is 53.2 Å². The second-order valence-electron chi connectivity index (χ2n) is 3.63. The van der Waals surface area contributed by atoms with Crippen molar-refractivity contribution in [3.63, 3.8) is 0 Å². The number of rotatable bonds is 5. The lowest BCUT2D eigenvalue weighted by molar-refractivity contribution is -0.130. The van der Waals surface area contributed by atoms with Crippen LogP contribution in [0, 0.1) is 0 Å². The summed E-state index contributed by atoms with van der Waals surface area (Å²) in [6.45, 7) is 0.636. The first-order valence-electron chi connectivity index (χ1n) is 4.84. The van der Waals surface area contributed by atoms with Gasteiger partial charge >= 0.3 is 0 Å². The van der Waals surface area contributed by atoms with Crippen molar-refractivity contribution in [1.82, 2.24) is 4.90 Å². The molecular weight excluding hydrogens is 200 g/mol. The third-order valence-corrected chi connectivity index (χ3v) is 3.14. The Hall–Kier alpha value is -0.260. The Bertz CT molecular complexity index is 201. The second kappa shape index (κ2) is 5.58. The highest BCUT2D eigenvalue weighted by Gasteiger charge is 2.31. The molecule has 5 heteroatoms. The first-order chi connectivity index (χ1) is 6.69. The van der Waals surface area contributed by atoms with Crippen molar-refractivity contribution in [3.8, 4) is 0 Å². The number of thioether (sulfide) groups is 1. The van der Waals surface area contributed by atoms with Gasteiger partial charge in [0, 0.05) is 19.0 Å².